The van der Waals surface area contributed by atoms with E-state index < -0.39 is 36.1 Å². The van der Waals surface area contributed by atoms with E-state index in [1.807, 2.05) is 12.2 Å². The van der Waals surface area contributed by atoms with Gasteiger partial charge in [-0.25, -0.2) is 4.79 Å². The number of allylic oxidation sites excluding steroid dienone is 3. The Bertz CT molecular complexity index is 823. The van der Waals surface area contributed by atoms with Crippen molar-refractivity contribution in [3.05, 3.63) is 36.0 Å². The molecule has 7 nitrogen and oxygen atoms in total. The molecule has 202 valence electrons. The minimum absolute atomic E-state index is 0.0315. The fourth-order valence-electron chi connectivity index (χ4n) is 4.66. The Hall–Kier alpha value is -2.38. The molecular weight excluding hydrogens is 460 g/mol. The average Bonchev–Trinajstić information content (AvgIpc) is 2.79. The second kappa shape index (κ2) is 16.4. The molecule has 0 saturated carbocycles. The van der Waals surface area contributed by atoms with Gasteiger partial charge in [-0.1, -0.05) is 38.2 Å². The smallest absolute Gasteiger partial charge is 0.331 e. The Kier molecular flexibility index (Phi) is 14.4. The third-order valence-corrected chi connectivity index (χ3v) is 6.61. The van der Waals surface area contributed by atoms with E-state index in [1.54, 1.807) is 32.9 Å². The summed E-state index contributed by atoms with van der Waals surface area (Å²) in [5, 5.41) is 10.9. The summed E-state index contributed by atoms with van der Waals surface area (Å²) in [5.41, 5.74) is 0.686. The van der Waals surface area contributed by atoms with Crippen molar-refractivity contribution in [2.75, 3.05) is 7.11 Å². The lowest BCUT2D eigenvalue weighted by atomic mass is 9.87. The Morgan fingerprint density at radius 1 is 1.14 bits per heavy atom. The molecule has 1 aliphatic rings. The molecule has 0 fully saturated rings. The van der Waals surface area contributed by atoms with Crippen molar-refractivity contribution in [3.8, 4) is 0 Å². The molecule has 36 heavy (non-hydrogen) atoms. The first-order chi connectivity index (χ1) is 17.0. The van der Waals surface area contributed by atoms with E-state index in [4.69, 9.17) is 9.47 Å². The van der Waals surface area contributed by atoms with Gasteiger partial charge < -0.3 is 24.2 Å². The number of rotatable bonds is 12. The van der Waals surface area contributed by atoms with Gasteiger partial charge in [-0.3, -0.25) is 4.79 Å². The van der Waals surface area contributed by atoms with Crippen LogP contribution in [0.2, 0.25) is 0 Å². The zero-order valence-electron chi connectivity index (χ0n) is 22.7. The molecule has 5 atom stereocenters. The predicted octanol–water partition coefficient (Wildman–Crippen LogP) is 4.71. The number of aliphatic hydroxyl groups is 1. The third kappa shape index (κ3) is 11.6. The summed E-state index contributed by atoms with van der Waals surface area (Å²) in [5.74, 6) is -1.30. The second-order valence-electron chi connectivity index (χ2n) is 10.1. The molecule has 0 aliphatic carbocycles. The maximum absolute atomic E-state index is 12.8. The lowest BCUT2D eigenvalue weighted by Gasteiger charge is -2.31. The molecular formula is C29H44O7. The Morgan fingerprint density at radius 3 is 2.33 bits per heavy atom. The van der Waals surface area contributed by atoms with Gasteiger partial charge in [-0.15, -0.1) is 0 Å². The highest BCUT2D eigenvalue weighted by molar-refractivity contribution is 5.83. The van der Waals surface area contributed by atoms with Crippen molar-refractivity contribution in [2.24, 2.45) is 17.8 Å². The monoisotopic (exact) mass is 504 g/mol. The lowest BCUT2D eigenvalue weighted by Crippen LogP contribution is -2.41. The summed E-state index contributed by atoms with van der Waals surface area (Å²) in [6.07, 6.45) is 10.2. The molecule has 1 aliphatic heterocycles. The van der Waals surface area contributed by atoms with Crippen molar-refractivity contribution in [2.45, 2.75) is 97.9 Å². The standard InChI is InChI=1S/C29H44O7/c1-19(25(32)13-11-12-24(17-21(3)30)18-22(4)31)16-20(2)29-23(5)28(34)26(35-6)14-9-7-8-10-15-27(33)36-29/h9-10,14-16,19,23-24,26,28-29,34H,7-8,11-13,17-18H2,1-6H3/b14-9+,15-10+,20-16+. The lowest BCUT2D eigenvalue weighted by molar-refractivity contribution is -0.146. The molecule has 0 aromatic rings. The molecule has 7 heteroatoms. The van der Waals surface area contributed by atoms with E-state index in [0.29, 0.717) is 44.1 Å². The predicted molar refractivity (Wildman–Crippen MR) is 139 cm³/mol. The van der Waals surface area contributed by atoms with Crippen LogP contribution in [0.25, 0.3) is 0 Å². The van der Waals surface area contributed by atoms with E-state index in [9.17, 15) is 24.3 Å². The molecule has 1 N–H and O–H groups in total. The maximum atomic E-state index is 12.8. The van der Waals surface area contributed by atoms with Crippen LogP contribution in [0.15, 0.2) is 36.0 Å². The highest BCUT2D eigenvalue weighted by Gasteiger charge is 2.33. The van der Waals surface area contributed by atoms with Crippen LogP contribution in [0, 0.1) is 17.8 Å². The molecule has 0 radical (unpaired) electrons. The molecule has 0 aromatic carbocycles. The minimum Gasteiger partial charge on any atom is -0.454 e. The van der Waals surface area contributed by atoms with Crippen molar-refractivity contribution < 1.29 is 33.8 Å². The van der Waals surface area contributed by atoms with Crippen LogP contribution in [0.5, 0.6) is 0 Å². The number of Topliss-reactive ketones (excluding diaryl/α,β-unsaturated/α-hetero) is 3. The fraction of sp³-hybridized carbons (Fsp3) is 0.655. The highest BCUT2D eigenvalue weighted by atomic mass is 16.5. The van der Waals surface area contributed by atoms with Crippen molar-refractivity contribution >= 4 is 23.3 Å². The van der Waals surface area contributed by atoms with E-state index in [2.05, 4.69) is 0 Å². The van der Waals surface area contributed by atoms with Crippen LogP contribution in [0.1, 0.15) is 79.6 Å². The molecule has 5 unspecified atom stereocenters. The molecule has 0 amide bonds. The van der Waals surface area contributed by atoms with Gasteiger partial charge in [0.05, 0.1) is 6.10 Å². The Balaban J connectivity index is 2.93. The van der Waals surface area contributed by atoms with Gasteiger partial charge in [-0.05, 0) is 57.9 Å². The second-order valence-corrected chi connectivity index (χ2v) is 10.1. The van der Waals surface area contributed by atoms with E-state index >= 15 is 0 Å². The van der Waals surface area contributed by atoms with Crippen LogP contribution in [0.4, 0.5) is 0 Å². The van der Waals surface area contributed by atoms with Crippen molar-refractivity contribution in [1.82, 2.24) is 0 Å². The zero-order valence-corrected chi connectivity index (χ0v) is 22.7. The first-order valence-electron chi connectivity index (χ1n) is 12.9. The topological polar surface area (TPSA) is 107 Å². The van der Waals surface area contributed by atoms with Gasteiger partial charge >= 0.3 is 5.97 Å². The molecule has 1 rings (SSSR count). The molecule has 1 heterocycles. The van der Waals surface area contributed by atoms with Gasteiger partial charge in [-0.2, -0.15) is 0 Å². The summed E-state index contributed by atoms with van der Waals surface area (Å²) < 4.78 is 11.2. The van der Waals surface area contributed by atoms with Gasteiger partial charge in [0.2, 0.25) is 0 Å². The number of esters is 1. The first-order valence-corrected chi connectivity index (χ1v) is 12.9. The van der Waals surface area contributed by atoms with Crippen LogP contribution < -0.4 is 0 Å². The zero-order chi connectivity index (χ0) is 27.3. The van der Waals surface area contributed by atoms with Crippen LogP contribution in [-0.4, -0.2) is 53.8 Å². The van der Waals surface area contributed by atoms with E-state index in [0.717, 1.165) is 6.42 Å². The first kappa shape index (κ1) is 31.6. The largest absolute Gasteiger partial charge is 0.454 e. The fourth-order valence-corrected chi connectivity index (χ4v) is 4.66. The van der Waals surface area contributed by atoms with Crippen molar-refractivity contribution in [1.29, 1.82) is 0 Å². The summed E-state index contributed by atoms with van der Waals surface area (Å²) in [6, 6.07) is 0. The number of hydrogen-bond acceptors (Lipinski definition) is 7. The quantitative estimate of drug-likeness (QED) is 0.303. The average molecular weight is 505 g/mol. The highest BCUT2D eigenvalue weighted by Crippen LogP contribution is 2.26. The summed E-state index contributed by atoms with van der Waals surface area (Å²) in [6.45, 7) is 8.43. The summed E-state index contributed by atoms with van der Waals surface area (Å²) in [7, 11) is 1.53. The maximum Gasteiger partial charge on any atom is 0.331 e. The SMILES string of the molecule is COC1/C=C/CC/C=C/C(=O)OC(/C(C)=C/C(C)C(=O)CCCC(CC(C)=O)CC(C)=O)C(C)C1O. The van der Waals surface area contributed by atoms with E-state index in [-0.39, 0.29) is 23.3 Å². The van der Waals surface area contributed by atoms with E-state index in [1.165, 1.54) is 27.0 Å². The summed E-state index contributed by atoms with van der Waals surface area (Å²) in [4.78, 5) is 48.2. The van der Waals surface area contributed by atoms with Crippen LogP contribution in [-0.2, 0) is 28.7 Å². The van der Waals surface area contributed by atoms with Crippen molar-refractivity contribution in [3.63, 3.8) is 0 Å². The molecule has 0 spiro atoms. The number of carbonyl (C=O) groups is 4. The van der Waals surface area contributed by atoms with Gasteiger partial charge in [0.25, 0.3) is 0 Å². The molecule has 0 aromatic heterocycles. The van der Waals surface area contributed by atoms with Crippen LogP contribution >= 0.6 is 0 Å². The van der Waals surface area contributed by atoms with Gasteiger partial charge in [0.1, 0.15) is 29.6 Å². The molecule has 0 saturated heterocycles. The van der Waals surface area contributed by atoms with Gasteiger partial charge in [0, 0.05) is 44.3 Å². The number of methoxy groups -OCH3 is 1. The Labute approximate surface area is 216 Å². The number of ether oxygens (including phenoxy) is 2. The number of hydrogen-bond donors (Lipinski definition) is 1. The number of cyclic esters (lactones) is 1. The third-order valence-electron chi connectivity index (χ3n) is 6.61. The Morgan fingerprint density at radius 2 is 1.75 bits per heavy atom. The number of aliphatic hydroxyl groups excluding tert-OH is 1. The van der Waals surface area contributed by atoms with Crippen LogP contribution in [0.3, 0.4) is 0 Å². The number of carbonyl (C=O) groups excluding carboxylic acids is 4. The minimum atomic E-state index is -0.915. The number of ketones is 3. The van der Waals surface area contributed by atoms with Gasteiger partial charge in [0.15, 0.2) is 0 Å². The summed E-state index contributed by atoms with van der Waals surface area (Å²) >= 11 is 0. The normalized spacial score (nSPS) is 26.3. The molecule has 0 bridgehead atoms.